The fraction of sp³-hybridized carbons (Fsp3) is 0. The van der Waals surface area contributed by atoms with E-state index >= 15 is 0 Å². The van der Waals surface area contributed by atoms with Crippen molar-refractivity contribution in [2.45, 2.75) is 0 Å². The van der Waals surface area contributed by atoms with Crippen molar-refractivity contribution < 1.29 is 4.42 Å². The monoisotopic (exact) mass is 1540 g/mol. The SMILES string of the molecule is c1ccc(-c2cc(-c3ccccc3)cc(N(c3ccc(-c4ccc5oc6ccccc6c5c4)cc3)c3cccc(-c4cccc(-c5cccc6cc(-c7cccc(-c8cc(-c9ccccc9)cc(N(c9ccc(-c%10ccc%11c(c%10)sc%10ccccc%10%11)cc9)c9cccc(-c%10cccc(-c%11cccc%12ccccc%11%12)c%10)c9)c8)c7)ccc56)c4)c3)c2)cc1. The van der Waals surface area contributed by atoms with Crippen molar-refractivity contribution in [1.29, 1.82) is 0 Å². The molecule has 4 heteroatoms. The van der Waals surface area contributed by atoms with Crippen LogP contribution in [-0.4, -0.2) is 0 Å². The van der Waals surface area contributed by atoms with Crippen molar-refractivity contribution in [1.82, 2.24) is 0 Å². The summed E-state index contributed by atoms with van der Waals surface area (Å²) in [6.07, 6.45) is 0. The number of fused-ring (bicyclic) bond motifs is 8. The number of furan rings is 1. The van der Waals surface area contributed by atoms with Crippen LogP contribution >= 0.6 is 11.3 Å². The van der Waals surface area contributed by atoms with Crippen LogP contribution in [0.1, 0.15) is 0 Å². The van der Waals surface area contributed by atoms with Gasteiger partial charge in [-0.05, 0) is 283 Å². The minimum Gasteiger partial charge on any atom is -0.456 e. The molecule has 20 aromatic carbocycles. The van der Waals surface area contributed by atoms with Gasteiger partial charge < -0.3 is 14.2 Å². The first-order valence-electron chi connectivity index (χ1n) is 41.0. The number of para-hydroxylation sites is 1. The second kappa shape index (κ2) is 30.6. The summed E-state index contributed by atoms with van der Waals surface area (Å²) in [5.41, 5.74) is 33.4. The molecule has 22 rings (SSSR count). The van der Waals surface area contributed by atoms with Crippen LogP contribution in [0.25, 0.3) is 186 Å². The highest BCUT2D eigenvalue weighted by atomic mass is 32.1. The van der Waals surface area contributed by atoms with E-state index in [9.17, 15) is 0 Å². The van der Waals surface area contributed by atoms with E-state index in [0.717, 1.165) is 151 Å². The Morgan fingerprint density at radius 1 is 0.150 bits per heavy atom. The third-order valence-corrected chi connectivity index (χ3v) is 24.9. The summed E-state index contributed by atoms with van der Waals surface area (Å²) in [6.45, 7) is 0. The topological polar surface area (TPSA) is 19.6 Å². The molecule has 0 unspecified atom stereocenters. The lowest BCUT2D eigenvalue weighted by atomic mass is 9.92. The van der Waals surface area contributed by atoms with Crippen LogP contribution in [0.4, 0.5) is 34.1 Å². The van der Waals surface area contributed by atoms with Gasteiger partial charge in [0.05, 0.1) is 0 Å². The smallest absolute Gasteiger partial charge is 0.135 e. The molecule has 0 N–H and O–H groups in total. The van der Waals surface area contributed by atoms with Gasteiger partial charge in [0.2, 0.25) is 0 Å². The van der Waals surface area contributed by atoms with Crippen molar-refractivity contribution >= 4 is 109 Å². The molecule has 0 saturated heterocycles. The number of anilines is 6. The predicted molar refractivity (Wildman–Crippen MR) is 511 cm³/mol. The Kier molecular flexibility index (Phi) is 18.1. The average Bonchev–Trinajstić information content (AvgIpc) is 1.75. The zero-order valence-corrected chi connectivity index (χ0v) is 66.4. The fourth-order valence-corrected chi connectivity index (χ4v) is 18.9. The maximum absolute atomic E-state index is 6.26. The zero-order valence-electron chi connectivity index (χ0n) is 65.6. The standard InChI is InChI=1S/C116H76N2OS/c1-4-23-77(24-5-1)95-67-96(78-25-6-2-7-26-78)72-103(71-95)117(99-56-49-80(50-57-99)90-55-62-114-112(75-90)109-43-12-14-47-113(109)119-114)101-40-19-36-88(69-101)85-33-18-38-93(65-85)107-46-22-39-94-66-89(53-60-108(94)107)83-31-16-34-86(63-83)98-68-97(79-27-8-3-9-28-79)73-104(74-98)118(100-58-51-81(52-59-100)91-54-61-111-110-44-13-15-48-115(110)120-116(111)76-91)102-41-20-35-87(70-102)84-32-17-37-92(64-84)106-45-21-30-82-29-10-11-42-105(82)106/h1-76H. The maximum atomic E-state index is 6.26. The molecule has 0 fully saturated rings. The molecule has 22 aromatic rings. The Labute approximate surface area is 701 Å². The summed E-state index contributed by atoms with van der Waals surface area (Å²) in [5, 5.41) is 9.67. The largest absolute Gasteiger partial charge is 0.456 e. The molecular weight excluding hydrogens is 1470 g/mol. The quantitative estimate of drug-likeness (QED) is 0.0906. The molecule has 0 saturated carbocycles. The highest BCUT2D eigenvalue weighted by molar-refractivity contribution is 7.25. The van der Waals surface area contributed by atoms with Gasteiger partial charge in [0.1, 0.15) is 11.2 Å². The van der Waals surface area contributed by atoms with Crippen LogP contribution in [0.3, 0.4) is 0 Å². The summed E-state index contributed by atoms with van der Waals surface area (Å²) in [7, 11) is 0. The number of hydrogen-bond acceptors (Lipinski definition) is 4. The number of hydrogen-bond donors (Lipinski definition) is 0. The second-order valence-corrected chi connectivity index (χ2v) is 32.2. The van der Waals surface area contributed by atoms with Gasteiger partial charge in [-0.3, -0.25) is 0 Å². The van der Waals surface area contributed by atoms with Gasteiger partial charge in [0.25, 0.3) is 0 Å². The molecule has 2 heterocycles. The van der Waals surface area contributed by atoms with Gasteiger partial charge in [0.15, 0.2) is 0 Å². The van der Waals surface area contributed by atoms with E-state index in [4.69, 9.17) is 4.42 Å². The lowest BCUT2D eigenvalue weighted by Gasteiger charge is -2.27. The van der Waals surface area contributed by atoms with E-state index in [1.165, 1.54) is 69.5 Å². The van der Waals surface area contributed by atoms with E-state index in [-0.39, 0.29) is 0 Å². The highest BCUT2D eigenvalue weighted by Crippen LogP contribution is 2.47. The van der Waals surface area contributed by atoms with Crippen LogP contribution in [0.5, 0.6) is 0 Å². The van der Waals surface area contributed by atoms with Crippen molar-refractivity contribution in [3.63, 3.8) is 0 Å². The predicted octanol–water partition coefficient (Wildman–Crippen LogP) is 33.5. The maximum Gasteiger partial charge on any atom is 0.135 e. The molecule has 0 aliphatic carbocycles. The van der Waals surface area contributed by atoms with E-state index in [1.807, 2.05) is 23.5 Å². The molecule has 0 spiro atoms. The molecule has 0 atom stereocenters. The molecule has 0 bridgehead atoms. The lowest BCUT2D eigenvalue weighted by molar-refractivity contribution is 0.669. The van der Waals surface area contributed by atoms with Crippen molar-refractivity contribution in [2.24, 2.45) is 0 Å². The van der Waals surface area contributed by atoms with Crippen LogP contribution in [-0.2, 0) is 0 Å². The van der Waals surface area contributed by atoms with Crippen LogP contribution in [0.15, 0.2) is 465 Å². The Hall–Kier alpha value is -15.5. The molecule has 0 radical (unpaired) electrons. The molecule has 0 aliphatic heterocycles. The number of nitrogens with zero attached hydrogens (tertiary/aromatic N) is 2. The normalized spacial score (nSPS) is 11.5. The Bertz CT molecular complexity index is 7590. The van der Waals surface area contributed by atoms with E-state index in [1.54, 1.807) is 0 Å². The number of thiophene rings is 1. The van der Waals surface area contributed by atoms with Gasteiger partial charge >= 0.3 is 0 Å². The first kappa shape index (κ1) is 71.1. The van der Waals surface area contributed by atoms with Gasteiger partial charge in [-0.25, -0.2) is 0 Å². The molecule has 0 aliphatic rings. The first-order valence-corrected chi connectivity index (χ1v) is 41.9. The van der Waals surface area contributed by atoms with E-state index in [0.29, 0.717) is 0 Å². The van der Waals surface area contributed by atoms with Crippen molar-refractivity contribution in [3.05, 3.63) is 461 Å². The number of benzene rings is 20. The summed E-state index contributed by atoms with van der Waals surface area (Å²) in [4.78, 5) is 4.86. The minimum absolute atomic E-state index is 0.887. The van der Waals surface area contributed by atoms with Crippen LogP contribution < -0.4 is 9.80 Å². The summed E-state index contributed by atoms with van der Waals surface area (Å²) in [5.74, 6) is 0. The summed E-state index contributed by atoms with van der Waals surface area (Å²) >= 11 is 1.86. The fourth-order valence-electron chi connectivity index (χ4n) is 17.8. The Morgan fingerprint density at radius 2 is 0.475 bits per heavy atom. The summed E-state index contributed by atoms with van der Waals surface area (Å²) in [6, 6.07) is 169. The van der Waals surface area contributed by atoms with Gasteiger partial charge in [0, 0.05) is 65.1 Å². The molecular formula is C116H76N2OS. The molecule has 120 heavy (non-hydrogen) atoms. The van der Waals surface area contributed by atoms with E-state index < -0.39 is 0 Å². The first-order chi connectivity index (χ1) is 59.4. The lowest BCUT2D eigenvalue weighted by Crippen LogP contribution is -2.10. The number of rotatable bonds is 17. The van der Waals surface area contributed by atoms with Gasteiger partial charge in [-0.2, -0.15) is 0 Å². The molecule has 562 valence electrons. The molecule has 0 amide bonds. The zero-order chi connectivity index (χ0) is 79.4. The van der Waals surface area contributed by atoms with Gasteiger partial charge in [-0.1, -0.05) is 322 Å². The highest BCUT2D eigenvalue weighted by Gasteiger charge is 2.22. The Balaban J connectivity index is 0.608. The third-order valence-electron chi connectivity index (χ3n) is 23.8. The average molecular weight is 1550 g/mol. The molecule has 2 aromatic heterocycles. The second-order valence-electron chi connectivity index (χ2n) is 31.1. The van der Waals surface area contributed by atoms with Crippen molar-refractivity contribution in [3.8, 4) is 122 Å². The van der Waals surface area contributed by atoms with E-state index in [2.05, 4.69) is 459 Å². The summed E-state index contributed by atoms with van der Waals surface area (Å²) < 4.78 is 8.86. The van der Waals surface area contributed by atoms with Gasteiger partial charge in [-0.15, -0.1) is 11.3 Å². The van der Waals surface area contributed by atoms with Crippen LogP contribution in [0, 0.1) is 0 Å². The molecule has 3 nitrogen and oxygen atoms in total. The third kappa shape index (κ3) is 13.6. The minimum atomic E-state index is 0.887. The van der Waals surface area contributed by atoms with Crippen LogP contribution in [0.2, 0.25) is 0 Å². The van der Waals surface area contributed by atoms with Crippen molar-refractivity contribution in [2.75, 3.05) is 9.80 Å². The Morgan fingerprint density at radius 3 is 1.03 bits per heavy atom.